The van der Waals surface area contributed by atoms with Crippen LogP contribution in [0.5, 0.6) is 5.75 Å². The Labute approximate surface area is 132 Å². The summed E-state index contributed by atoms with van der Waals surface area (Å²) in [5, 5.41) is 0. The summed E-state index contributed by atoms with van der Waals surface area (Å²) >= 11 is 0. The van der Waals surface area contributed by atoms with Crippen molar-refractivity contribution in [1.82, 2.24) is 4.90 Å². The lowest BCUT2D eigenvalue weighted by atomic mass is 10.1. The van der Waals surface area contributed by atoms with E-state index in [1.165, 1.54) is 0 Å². The van der Waals surface area contributed by atoms with Gasteiger partial charge in [-0.05, 0) is 46.1 Å². The van der Waals surface area contributed by atoms with Crippen molar-refractivity contribution in [3.05, 3.63) is 59.7 Å². The van der Waals surface area contributed by atoms with Crippen LogP contribution in [0.4, 0.5) is 0 Å². The molecule has 0 aromatic heterocycles. The third-order valence-electron chi connectivity index (χ3n) is 3.65. The molecule has 0 aliphatic heterocycles. The van der Waals surface area contributed by atoms with Crippen molar-refractivity contribution in [2.75, 3.05) is 14.1 Å². The normalized spacial score (nSPS) is 13.1. The van der Waals surface area contributed by atoms with E-state index in [1.54, 1.807) is 36.4 Å². The van der Waals surface area contributed by atoms with Crippen LogP contribution in [0.1, 0.15) is 24.1 Å². The summed E-state index contributed by atoms with van der Waals surface area (Å²) in [6, 6.07) is 13.9. The maximum absolute atomic E-state index is 12.4. The topological polar surface area (TPSA) is 46.6 Å². The molecule has 0 aliphatic rings. The van der Waals surface area contributed by atoms with Gasteiger partial charge < -0.3 is 9.08 Å². The lowest BCUT2D eigenvalue weighted by Gasteiger charge is -2.22. The molecular weight excluding hydrogens is 298 g/mol. The van der Waals surface area contributed by atoms with Gasteiger partial charge in [-0.15, -0.1) is 0 Å². The molecule has 2 aromatic carbocycles. The molecule has 4 nitrogen and oxygen atoms in total. The minimum atomic E-state index is -3.83. The molecule has 0 fully saturated rings. The molecule has 0 amide bonds. The highest BCUT2D eigenvalue weighted by molar-refractivity contribution is 7.87. The molecule has 1 unspecified atom stereocenters. The SMILES string of the molecule is Cc1ccc(S(=O)(=O)Oc2ccccc2C(C)N(C)C)cc1. The quantitative estimate of drug-likeness (QED) is 0.793. The second-order valence-electron chi connectivity index (χ2n) is 5.53. The summed E-state index contributed by atoms with van der Waals surface area (Å²) in [4.78, 5) is 2.16. The number of hydrogen-bond donors (Lipinski definition) is 0. The van der Waals surface area contributed by atoms with Crippen molar-refractivity contribution < 1.29 is 12.6 Å². The first-order chi connectivity index (χ1) is 10.3. The Hall–Kier alpha value is -1.85. The molecule has 118 valence electrons. The molecule has 1 atom stereocenters. The van der Waals surface area contributed by atoms with Gasteiger partial charge in [-0.3, -0.25) is 0 Å². The molecule has 0 aliphatic carbocycles. The fourth-order valence-corrected chi connectivity index (χ4v) is 3.00. The standard InChI is InChI=1S/C17H21NO3S/c1-13-9-11-15(12-10-13)22(19,20)21-17-8-6-5-7-16(17)14(2)18(3)4/h5-12,14H,1-4H3. The maximum atomic E-state index is 12.4. The van der Waals surface area contributed by atoms with E-state index in [9.17, 15) is 8.42 Å². The molecule has 0 bridgehead atoms. The van der Waals surface area contributed by atoms with E-state index in [0.717, 1.165) is 11.1 Å². The third-order valence-corrected chi connectivity index (χ3v) is 4.90. The van der Waals surface area contributed by atoms with Crippen LogP contribution >= 0.6 is 0 Å². The zero-order valence-corrected chi connectivity index (χ0v) is 14.1. The minimum Gasteiger partial charge on any atom is -0.379 e. The van der Waals surface area contributed by atoms with E-state index in [1.807, 2.05) is 45.0 Å². The Balaban J connectivity index is 2.36. The smallest absolute Gasteiger partial charge is 0.339 e. The van der Waals surface area contributed by atoms with Crippen molar-refractivity contribution in [2.24, 2.45) is 0 Å². The lowest BCUT2D eigenvalue weighted by molar-refractivity contribution is 0.316. The van der Waals surface area contributed by atoms with Crippen LogP contribution < -0.4 is 4.18 Å². The Bertz CT molecular complexity index is 737. The predicted octanol–water partition coefficient (Wildman–Crippen LogP) is 3.39. The molecule has 0 saturated carbocycles. The summed E-state index contributed by atoms with van der Waals surface area (Å²) in [6.45, 7) is 3.91. The van der Waals surface area contributed by atoms with Crippen molar-refractivity contribution in [3.8, 4) is 5.75 Å². The van der Waals surface area contributed by atoms with Crippen LogP contribution in [0, 0.1) is 6.92 Å². The molecule has 2 aromatic rings. The van der Waals surface area contributed by atoms with Crippen LogP contribution in [0.15, 0.2) is 53.4 Å². The van der Waals surface area contributed by atoms with Crippen molar-refractivity contribution in [1.29, 1.82) is 0 Å². The number of hydrogen-bond acceptors (Lipinski definition) is 4. The van der Waals surface area contributed by atoms with E-state index < -0.39 is 10.1 Å². The Morgan fingerprint density at radius 1 is 1.00 bits per heavy atom. The van der Waals surface area contributed by atoms with Gasteiger partial charge in [-0.1, -0.05) is 35.9 Å². The molecule has 5 heteroatoms. The summed E-state index contributed by atoms with van der Waals surface area (Å²) in [5.74, 6) is 0.365. The van der Waals surface area contributed by atoms with E-state index >= 15 is 0 Å². The molecule has 22 heavy (non-hydrogen) atoms. The van der Waals surface area contributed by atoms with E-state index in [-0.39, 0.29) is 10.9 Å². The maximum Gasteiger partial charge on any atom is 0.339 e. The van der Waals surface area contributed by atoms with Gasteiger partial charge in [0.2, 0.25) is 0 Å². The van der Waals surface area contributed by atoms with Crippen LogP contribution in [-0.4, -0.2) is 27.4 Å². The molecular formula is C17H21NO3S. The first kappa shape index (κ1) is 16.5. The lowest BCUT2D eigenvalue weighted by Crippen LogP contribution is -2.19. The zero-order valence-electron chi connectivity index (χ0n) is 13.3. The fraction of sp³-hybridized carbons (Fsp3) is 0.294. The van der Waals surface area contributed by atoms with E-state index in [2.05, 4.69) is 0 Å². The molecule has 0 N–H and O–H groups in total. The van der Waals surface area contributed by atoms with Gasteiger partial charge in [0.15, 0.2) is 0 Å². The second kappa shape index (κ2) is 6.50. The van der Waals surface area contributed by atoms with Crippen molar-refractivity contribution in [2.45, 2.75) is 24.8 Å². The summed E-state index contributed by atoms with van der Waals surface area (Å²) in [7, 11) is 0.0505. The van der Waals surface area contributed by atoms with Crippen LogP contribution in [-0.2, 0) is 10.1 Å². The highest BCUT2D eigenvalue weighted by Gasteiger charge is 2.20. The van der Waals surface area contributed by atoms with Gasteiger partial charge in [0.25, 0.3) is 0 Å². The average molecular weight is 319 g/mol. The number of para-hydroxylation sites is 1. The number of rotatable bonds is 5. The van der Waals surface area contributed by atoms with Gasteiger partial charge in [-0.25, -0.2) is 0 Å². The Morgan fingerprint density at radius 2 is 1.59 bits per heavy atom. The number of nitrogens with zero attached hydrogens (tertiary/aromatic N) is 1. The molecule has 0 spiro atoms. The van der Waals surface area contributed by atoms with Crippen LogP contribution in [0.2, 0.25) is 0 Å². The Morgan fingerprint density at radius 3 is 2.18 bits per heavy atom. The van der Waals surface area contributed by atoms with Crippen LogP contribution in [0.25, 0.3) is 0 Å². The number of benzene rings is 2. The Kier molecular flexibility index (Phi) is 4.88. The zero-order chi connectivity index (χ0) is 16.3. The largest absolute Gasteiger partial charge is 0.379 e. The minimum absolute atomic E-state index is 0.0458. The number of aryl methyl sites for hydroxylation is 1. The highest BCUT2D eigenvalue weighted by Crippen LogP contribution is 2.30. The first-order valence-electron chi connectivity index (χ1n) is 7.08. The van der Waals surface area contributed by atoms with Crippen molar-refractivity contribution in [3.63, 3.8) is 0 Å². The monoisotopic (exact) mass is 319 g/mol. The summed E-state index contributed by atoms with van der Waals surface area (Å²) in [6.07, 6.45) is 0. The second-order valence-corrected chi connectivity index (χ2v) is 7.07. The summed E-state index contributed by atoms with van der Waals surface area (Å²) < 4.78 is 30.2. The average Bonchev–Trinajstić information content (AvgIpc) is 2.47. The third kappa shape index (κ3) is 3.67. The van der Waals surface area contributed by atoms with Crippen LogP contribution in [0.3, 0.4) is 0 Å². The first-order valence-corrected chi connectivity index (χ1v) is 8.48. The molecule has 0 radical (unpaired) electrons. The highest BCUT2D eigenvalue weighted by atomic mass is 32.2. The van der Waals surface area contributed by atoms with E-state index in [0.29, 0.717) is 5.75 Å². The van der Waals surface area contributed by atoms with E-state index in [4.69, 9.17) is 4.18 Å². The summed E-state index contributed by atoms with van der Waals surface area (Å²) in [5.41, 5.74) is 1.84. The molecule has 0 heterocycles. The van der Waals surface area contributed by atoms with Gasteiger partial charge in [-0.2, -0.15) is 8.42 Å². The van der Waals surface area contributed by atoms with Gasteiger partial charge >= 0.3 is 10.1 Å². The van der Waals surface area contributed by atoms with Gasteiger partial charge in [0, 0.05) is 11.6 Å². The van der Waals surface area contributed by atoms with Gasteiger partial charge in [0.1, 0.15) is 10.6 Å². The molecule has 0 saturated heterocycles. The fourth-order valence-electron chi connectivity index (χ4n) is 2.05. The van der Waals surface area contributed by atoms with Gasteiger partial charge in [0.05, 0.1) is 0 Å². The molecule has 2 rings (SSSR count). The predicted molar refractivity (Wildman–Crippen MR) is 87.5 cm³/mol. The van der Waals surface area contributed by atoms with Crippen molar-refractivity contribution >= 4 is 10.1 Å².